The molecular weight excluding hydrogens is 288 g/mol. The number of likely N-dealkylation sites (tertiary alicyclic amines) is 1. The van der Waals surface area contributed by atoms with E-state index < -0.39 is 0 Å². The Labute approximate surface area is 138 Å². The van der Waals surface area contributed by atoms with Crippen LogP contribution in [0.1, 0.15) is 37.7 Å². The van der Waals surface area contributed by atoms with Crippen LogP contribution in [0.5, 0.6) is 11.5 Å². The van der Waals surface area contributed by atoms with Gasteiger partial charge in [0.05, 0.1) is 0 Å². The molecular formula is C19H26N2O2. The summed E-state index contributed by atoms with van der Waals surface area (Å²) in [4.78, 5) is 5.56. The highest BCUT2D eigenvalue weighted by molar-refractivity contribution is 5.46. The summed E-state index contributed by atoms with van der Waals surface area (Å²) >= 11 is 0. The number of hydrogen-bond donors (Lipinski definition) is 0. The number of rotatable bonds is 3. The van der Waals surface area contributed by atoms with Crippen molar-refractivity contribution in [3.63, 3.8) is 0 Å². The Balaban J connectivity index is 1.50. The van der Waals surface area contributed by atoms with Crippen molar-refractivity contribution in [2.45, 2.75) is 44.2 Å². The van der Waals surface area contributed by atoms with Crippen molar-refractivity contribution in [1.82, 2.24) is 9.80 Å². The van der Waals surface area contributed by atoms with Crippen LogP contribution in [-0.2, 0) is 0 Å². The Kier molecular flexibility index (Phi) is 3.30. The smallest absolute Gasteiger partial charge is 0.231 e. The number of benzene rings is 1. The summed E-state index contributed by atoms with van der Waals surface area (Å²) in [7, 11) is 0. The Morgan fingerprint density at radius 3 is 2.74 bits per heavy atom. The summed E-state index contributed by atoms with van der Waals surface area (Å²) < 4.78 is 11.1. The van der Waals surface area contributed by atoms with E-state index in [0.717, 1.165) is 23.5 Å². The molecule has 5 aliphatic heterocycles. The zero-order chi connectivity index (χ0) is 15.4. The molecule has 0 aromatic heterocycles. The van der Waals surface area contributed by atoms with Gasteiger partial charge in [0.1, 0.15) is 0 Å². The molecule has 23 heavy (non-hydrogen) atoms. The summed E-state index contributed by atoms with van der Waals surface area (Å²) in [6.07, 6.45) is 4.05. The van der Waals surface area contributed by atoms with Crippen LogP contribution in [0.2, 0.25) is 0 Å². The molecule has 0 spiro atoms. The van der Waals surface area contributed by atoms with E-state index in [1.807, 2.05) is 0 Å². The summed E-state index contributed by atoms with van der Waals surface area (Å²) in [5.74, 6) is 3.36. The van der Waals surface area contributed by atoms with Crippen LogP contribution in [0.3, 0.4) is 0 Å². The van der Waals surface area contributed by atoms with Gasteiger partial charge in [-0.2, -0.15) is 0 Å². The third-order valence-corrected chi connectivity index (χ3v) is 6.43. The van der Waals surface area contributed by atoms with E-state index in [1.165, 1.54) is 51.0 Å². The standard InChI is InChI=1S/C19H26N2O2/c1-2-7-21-11-15(14-3-4-16-17(10-14)23-12-22-16)19-18(21)13-5-8-20(19)9-6-13/h3-4,10,13,15,18-19H,2,5-9,11-12H2,1H3/t15-,18-,19-/m1/s1. The topological polar surface area (TPSA) is 24.9 Å². The van der Waals surface area contributed by atoms with Gasteiger partial charge < -0.3 is 9.47 Å². The molecule has 1 aromatic rings. The molecule has 2 bridgehead atoms. The first-order valence-corrected chi connectivity index (χ1v) is 9.23. The molecule has 1 aromatic carbocycles. The van der Waals surface area contributed by atoms with Crippen LogP contribution in [0, 0.1) is 5.92 Å². The lowest BCUT2D eigenvalue weighted by atomic mass is 9.75. The second-order valence-corrected chi connectivity index (χ2v) is 7.57. The quantitative estimate of drug-likeness (QED) is 0.856. The fourth-order valence-corrected chi connectivity index (χ4v) is 5.52. The van der Waals surface area contributed by atoms with E-state index in [1.54, 1.807) is 0 Å². The van der Waals surface area contributed by atoms with Gasteiger partial charge in [-0.1, -0.05) is 13.0 Å². The molecule has 5 heterocycles. The van der Waals surface area contributed by atoms with Gasteiger partial charge in [0.2, 0.25) is 6.79 Å². The maximum absolute atomic E-state index is 5.62. The number of nitrogens with zero attached hydrogens (tertiary/aromatic N) is 2. The molecule has 0 unspecified atom stereocenters. The maximum Gasteiger partial charge on any atom is 0.231 e. The summed E-state index contributed by atoms with van der Waals surface area (Å²) in [6, 6.07) is 8.09. The molecule has 0 radical (unpaired) electrons. The SMILES string of the molecule is CCCN1C[C@H](c2ccc3c(c2)OCO3)[C@@H]2[C@H]1C1CCN2CC1. The van der Waals surface area contributed by atoms with Crippen LogP contribution in [0.15, 0.2) is 18.2 Å². The highest BCUT2D eigenvalue weighted by Gasteiger charge is 2.52. The number of piperidine rings is 3. The van der Waals surface area contributed by atoms with Crippen LogP contribution in [-0.4, -0.2) is 54.9 Å². The fourth-order valence-electron chi connectivity index (χ4n) is 5.52. The zero-order valence-corrected chi connectivity index (χ0v) is 13.9. The number of ether oxygens (including phenoxy) is 2. The van der Waals surface area contributed by atoms with Crippen LogP contribution < -0.4 is 9.47 Å². The van der Waals surface area contributed by atoms with E-state index in [-0.39, 0.29) is 0 Å². The zero-order valence-electron chi connectivity index (χ0n) is 13.9. The van der Waals surface area contributed by atoms with Gasteiger partial charge in [0.15, 0.2) is 11.5 Å². The van der Waals surface area contributed by atoms with Crippen molar-refractivity contribution in [2.24, 2.45) is 5.92 Å². The molecule has 0 saturated carbocycles. The molecule has 4 nitrogen and oxygen atoms in total. The Morgan fingerprint density at radius 2 is 1.91 bits per heavy atom. The normalized spacial score (nSPS) is 38.0. The van der Waals surface area contributed by atoms with E-state index in [4.69, 9.17) is 9.47 Å². The number of hydrogen-bond acceptors (Lipinski definition) is 4. The predicted octanol–water partition coefficient (Wildman–Crippen LogP) is 2.69. The van der Waals surface area contributed by atoms with Crippen molar-refractivity contribution >= 4 is 0 Å². The third kappa shape index (κ3) is 2.11. The van der Waals surface area contributed by atoms with Gasteiger partial charge in [0, 0.05) is 24.5 Å². The van der Waals surface area contributed by atoms with Gasteiger partial charge in [-0.3, -0.25) is 9.80 Å². The van der Waals surface area contributed by atoms with E-state index >= 15 is 0 Å². The fraction of sp³-hybridized carbons (Fsp3) is 0.684. The summed E-state index contributed by atoms with van der Waals surface area (Å²) in [5, 5.41) is 0. The van der Waals surface area contributed by atoms with Gasteiger partial charge in [-0.15, -0.1) is 0 Å². The minimum absolute atomic E-state index is 0.367. The molecule has 0 N–H and O–H groups in total. The average Bonchev–Trinajstić information content (AvgIpc) is 3.21. The van der Waals surface area contributed by atoms with Crippen molar-refractivity contribution in [3.05, 3.63) is 23.8 Å². The molecule has 0 aliphatic carbocycles. The first-order chi connectivity index (χ1) is 11.3. The van der Waals surface area contributed by atoms with Gasteiger partial charge in [-0.25, -0.2) is 0 Å². The summed E-state index contributed by atoms with van der Waals surface area (Å²) in [6.45, 7) is 7.72. The molecule has 4 saturated heterocycles. The first kappa shape index (κ1) is 14.1. The predicted molar refractivity (Wildman–Crippen MR) is 89.0 cm³/mol. The third-order valence-electron chi connectivity index (χ3n) is 6.43. The monoisotopic (exact) mass is 314 g/mol. The molecule has 5 aliphatic rings. The van der Waals surface area contributed by atoms with E-state index in [9.17, 15) is 0 Å². The van der Waals surface area contributed by atoms with Crippen LogP contribution >= 0.6 is 0 Å². The lowest BCUT2D eigenvalue weighted by Gasteiger charge is -2.51. The van der Waals surface area contributed by atoms with Crippen molar-refractivity contribution in [2.75, 3.05) is 33.0 Å². The highest BCUT2D eigenvalue weighted by Crippen LogP contribution is 2.47. The average molecular weight is 314 g/mol. The van der Waals surface area contributed by atoms with Crippen molar-refractivity contribution < 1.29 is 9.47 Å². The largest absolute Gasteiger partial charge is 0.454 e. The van der Waals surface area contributed by atoms with Gasteiger partial charge >= 0.3 is 0 Å². The van der Waals surface area contributed by atoms with Crippen molar-refractivity contribution in [1.29, 1.82) is 0 Å². The Hall–Kier alpha value is -1.26. The highest BCUT2D eigenvalue weighted by atomic mass is 16.7. The number of fused-ring (bicyclic) bond motifs is 3. The molecule has 3 atom stereocenters. The minimum Gasteiger partial charge on any atom is -0.454 e. The second kappa shape index (κ2) is 5.38. The Morgan fingerprint density at radius 1 is 1.09 bits per heavy atom. The van der Waals surface area contributed by atoms with Crippen LogP contribution in [0.25, 0.3) is 0 Å². The van der Waals surface area contributed by atoms with E-state index in [2.05, 4.69) is 34.9 Å². The van der Waals surface area contributed by atoms with E-state index in [0.29, 0.717) is 18.8 Å². The molecule has 0 amide bonds. The Bertz CT molecular complexity index is 597. The minimum atomic E-state index is 0.367. The lowest BCUT2D eigenvalue weighted by Crippen LogP contribution is -2.60. The lowest BCUT2D eigenvalue weighted by molar-refractivity contribution is -0.00641. The van der Waals surface area contributed by atoms with Gasteiger partial charge in [0.25, 0.3) is 0 Å². The molecule has 6 rings (SSSR count). The van der Waals surface area contributed by atoms with Crippen LogP contribution in [0.4, 0.5) is 0 Å². The molecule has 4 heteroatoms. The second-order valence-electron chi connectivity index (χ2n) is 7.57. The maximum atomic E-state index is 5.62. The van der Waals surface area contributed by atoms with Gasteiger partial charge in [-0.05, 0) is 62.5 Å². The van der Waals surface area contributed by atoms with Crippen molar-refractivity contribution in [3.8, 4) is 11.5 Å². The molecule has 124 valence electrons. The molecule has 4 fully saturated rings. The summed E-state index contributed by atoms with van der Waals surface area (Å²) in [5.41, 5.74) is 1.44. The first-order valence-electron chi connectivity index (χ1n) is 9.23.